The van der Waals surface area contributed by atoms with Gasteiger partial charge in [0.2, 0.25) is 0 Å². The summed E-state index contributed by atoms with van der Waals surface area (Å²) >= 11 is 5.25. The third-order valence-electron chi connectivity index (χ3n) is 3.11. The van der Waals surface area contributed by atoms with Gasteiger partial charge in [-0.05, 0) is 42.9 Å². The molecule has 0 bridgehead atoms. The molecule has 2 aromatic rings. The summed E-state index contributed by atoms with van der Waals surface area (Å²) < 4.78 is 12.8. The summed E-state index contributed by atoms with van der Waals surface area (Å²) in [5.41, 5.74) is 1.01. The molecule has 2 rings (SSSR count). The first-order valence-electron chi connectivity index (χ1n) is 6.75. The first-order valence-corrected chi connectivity index (χ1v) is 7.16. The van der Waals surface area contributed by atoms with E-state index in [9.17, 15) is 0 Å². The highest BCUT2D eigenvalue weighted by atomic mass is 32.1. The summed E-state index contributed by atoms with van der Waals surface area (Å²) in [7, 11) is 3.35. The minimum absolute atomic E-state index is 0.604. The molecule has 21 heavy (non-hydrogen) atoms. The number of rotatable bonds is 8. The van der Waals surface area contributed by atoms with Crippen LogP contribution >= 0.6 is 12.2 Å². The zero-order chi connectivity index (χ0) is 15.1. The molecule has 0 aliphatic heterocycles. The topological polar surface area (TPSA) is 64.1 Å². The molecular weight excluding hydrogens is 288 g/mol. The van der Waals surface area contributed by atoms with Crippen LogP contribution in [-0.4, -0.2) is 35.6 Å². The molecule has 0 saturated carbocycles. The molecule has 114 valence electrons. The van der Waals surface area contributed by atoms with Crippen molar-refractivity contribution in [3.63, 3.8) is 0 Å². The zero-order valence-corrected chi connectivity index (χ0v) is 13.1. The van der Waals surface area contributed by atoms with E-state index in [0.717, 1.165) is 30.2 Å². The van der Waals surface area contributed by atoms with Gasteiger partial charge >= 0.3 is 0 Å². The van der Waals surface area contributed by atoms with Crippen molar-refractivity contribution in [3.05, 3.63) is 34.9 Å². The molecule has 1 heterocycles. The number of nitrogens with one attached hydrogen (secondary N) is 2. The second-order valence-electron chi connectivity index (χ2n) is 4.53. The second-order valence-corrected chi connectivity index (χ2v) is 4.91. The number of hydrogen-bond donors (Lipinski definition) is 2. The lowest BCUT2D eigenvalue weighted by molar-refractivity contribution is 0.190. The van der Waals surface area contributed by atoms with Gasteiger partial charge in [-0.3, -0.25) is 5.10 Å². The quantitative estimate of drug-likeness (QED) is 0.580. The maximum Gasteiger partial charge on any atom is 0.195 e. The Labute approximate surface area is 129 Å². The maximum absolute atomic E-state index is 5.25. The number of hydrogen-bond acceptors (Lipinski definition) is 5. The van der Waals surface area contributed by atoms with Gasteiger partial charge < -0.3 is 19.4 Å². The molecule has 6 nitrogen and oxygen atoms in total. The van der Waals surface area contributed by atoms with Crippen LogP contribution in [0.5, 0.6) is 5.75 Å². The number of H-pyrrole nitrogens is 1. The van der Waals surface area contributed by atoms with Crippen molar-refractivity contribution >= 4 is 17.9 Å². The van der Waals surface area contributed by atoms with Crippen LogP contribution in [0, 0.1) is 4.77 Å². The Balaban J connectivity index is 1.97. The van der Waals surface area contributed by atoms with E-state index in [4.69, 9.17) is 21.7 Å². The van der Waals surface area contributed by atoms with Crippen LogP contribution in [0.1, 0.15) is 12.2 Å². The highest BCUT2D eigenvalue weighted by Gasteiger charge is 2.05. The van der Waals surface area contributed by atoms with Gasteiger partial charge in [0.1, 0.15) is 5.75 Å². The highest BCUT2D eigenvalue weighted by Crippen LogP contribution is 2.15. The number of methoxy groups -OCH3 is 2. The molecule has 1 aromatic carbocycles. The van der Waals surface area contributed by atoms with Crippen LogP contribution in [0.25, 0.3) is 0 Å². The van der Waals surface area contributed by atoms with Crippen LogP contribution in [0.15, 0.2) is 24.3 Å². The normalized spacial score (nSPS) is 10.6. The van der Waals surface area contributed by atoms with Gasteiger partial charge in [-0.15, -0.1) is 0 Å². The Morgan fingerprint density at radius 3 is 2.71 bits per heavy atom. The highest BCUT2D eigenvalue weighted by molar-refractivity contribution is 7.71. The minimum Gasteiger partial charge on any atom is -0.497 e. The molecule has 0 unspecified atom stereocenters. The fourth-order valence-corrected chi connectivity index (χ4v) is 2.22. The molecule has 0 aliphatic carbocycles. The predicted molar refractivity (Wildman–Crippen MR) is 84.2 cm³/mol. The van der Waals surface area contributed by atoms with E-state index in [-0.39, 0.29) is 0 Å². The number of ether oxygens (including phenoxy) is 2. The average molecular weight is 308 g/mol. The maximum atomic E-state index is 5.25. The summed E-state index contributed by atoms with van der Waals surface area (Å²) in [6, 6.07) is 7.76. The van der Waals surface area contributed by atoms with Crippen molar-refractivity contribution in [1.29, 1.82) is 0 Å². The summed E-state index contributed by atoms with van der Waals surface area (Å²) in [6.07, 6.45) is 0.903. The Bertz CT molecular complexity index is 606. The molecule has 0 spiro atoms. The van der Waals surface area contributed by atoms with Crippen LogP contribution in [0.2, 0.25) is 0 Å². The van der Waals surface area contributed by atoms with E-state index >= 15 is 0 Å². The molecule has 2 N–H and O–H groups in total. The van der Waals surface area contributed by atoms with E-state index in [2.05, 4.69) is 15.5 Å². The number of aromatic nitrogens is 3. The fourth-order valence-electron chi connectivity index (χ4n) is 1.97. The molecule has 7 heteroatoms. The standard InChI is InChI=1S/C14H20N4O2S/c1-19-9-3-8-18-13(16-17-14(18)21)10-15-11-4-6-12(20-2)7-5-11/h4-7,15H,3,8-10H2,1-2H3,(H,17,21). The first-order chi connectivity index (χ1) is 10.2. The summed E-state index contributed by atoms with van der Waals surface area (Å²) in [4.78, 5) is 0. The van der Waals surface area contributed by atoms with E-state index in [1.807, 2.05) is 28.8 Å². The third kappa shape index (κ3) is 4.30. The Morgan fingerprint density at radius 1 is 1.29 bits per heavy atom. The van der Waals surface area contributed by atoms with Crippen LogP contribution in [0.4, 0.5) is 5.69 Å². The Hall–Kier alpha value is -1.86. The molecule has 1 aromatic heterocycles. The fraction of sp³-hybridized carbons (Fsp3) is 0.429. The smallest absolute Gasteiger partial charge is 0.195 e. The summed E-state index contributed by atoms with van der Waals surface area (Å²) in [5, 5.41) is 10.4. The number of anilines is 1. The molecule has 0 atom stereocenters. The summed E-state index contributed by atoms with van der Waals surface area (Å²) in [6.45, 7) is 2.10. The number of benzene rings is 1. The van der Waals surface area contributed by atoms with Crippen LogP contribution < -0.4 is 10.1 Å². The monoisotopic (exact) mass is 308 g/mol. The molecular formula is C14H20N4O2S. The summed E-state index contributed by atoms with van der Waals surface area (Å²) in [5.74, 6) is 1.72. The van der Waals surface area contributed by atoms with E-state index in [1.165, 1.54) is 0 Å². The van der Waals surface area contributed by atoms with Gasteiger partial charge in [0, 0.05) is 25.9 Å². The van der Waals surface area contributed by atoms with Gasteiger partial charge in [0.05, 0.1) is 13.7 Å². The van der Waals surface area contributed by atoms with Crippen molar-refractivity contribution in [2.75, 3.05) is 26.1 Å². The lowest BCUT2D eigenvalue weighted by Gasteiger charge is -2.09. The van der Waals surface area contributed by atoms with Crippen molar-refractivity contribution < 1.29 is 9.47 Å². The third-order valence-corrected chi connectivity index (χ3v) is 3.42. The van der Waals surface area contributed by atoms with E-state index < -0.39 is 0 Å². The molecule has 0 saturated heterocycles. The van der Waals surface area contributed by atoms with Gasteiger partial charge in [0.15, 0.2) is 10.6 Å². The molecule has 0 radical (unpaired) electrons. The van der Waals surface area contributed by atoms with Gasteiger partial charge in [-0.1, -0.05) is 0 Å². The largest absolute Gasteiger partial charge is 0.497 e. The first kappa shape index (κ1) is 15.5. The van der Waals surface area contributed by atoms with Crippen molar-refractivity contribution in [1.82, 2.24) is 14.8 Å². The SMILES string of the molecule is COCCCn1c(CNc2ccc(OC)cc2)n[nH]c1=S. The van der Waals surface area contributed by atoms with Gasteiger partial charge in [0.25, 0.3) is 0 Å². The average Bonchev–Trinajstić information content (AvgIpc) is 2.87. The van der Waals surface area contributed by atoms with Gasteiger partial charge in [-0.25, -0.2) is 0 Å². The minimum atomic E-state index is 0.604. The second kappa shape index (κ2) is 7.80. The Kier molecular flexibility index (Phi) is 5.77. The predicted octanol–water partition coefficient (Wildman–Crippen LogP) is 2.60. The zero-order valence-electron chi connectivity index (χ0n) is 12.3. The lowest BCUT2D eigenvalue weighted by atomic mass is 10.3. The number of nitrogens with zero attached hydrogens (tertiary/aromatic N) is 2. The van der Waals surface area contributed by atoms with E-state index in [1.54, 1.807) is 14.2 Å². The van der Waals surface area contributed by atoms with Crippen LogP contribution in [-0.2, 0) is 17.8 Å². The van der Waals surface area contributed by atoms with E-state index in [0.29, 0.717) is 17.9 Å². The van der Waals surface area contributed by atoms with Gasteiger partial charge in [-0.2, -0.15) is 5.10 Å². The molecule has 0 amide bonds. The van der Waals surface area contributed by atoms with Crippen molar-refractivity contribution in [2.45, 2.75) is 19.5 Å². The lowest BCUT2D eigenvalue weighted by Crippen LogP contribution is -2.10. The molecule has 0 aliphatic rings. The Morgan fingerprint density at radius 2 is 2.05 bits per heavy atom. The van der Waals surface area contributed by atoms with Crippen LogP contribution in [0.3, 0.4) is 0 Å². The van der Waals surface area contributed by atoms with Crippen molar-refractivity contribution in [3.8, 4) is 5.75 Å². The number of aromatic amines is 1. The molecule has 0 fully saturated rings. The van der Waals surface area contributed by atoms with Crippen molar-refractivity contribution in [2.24, 2.45) is 0 Å².